The molecule has 1 aromatic carbocycles. The van der Waals surface area contributed by atoms with Crippen LogP contribution in [0.3, 0.4) is 0 Å². The highest BCUT2D eigenvalue weighted by atomic mass is 16.5. The molecule has 6 heteroatoms. The van der Waals surface area contributed by atoms with Crippen molar-refractivity contribution < 1.29 is 14.3 Å². The molecule has 0 saturated carbocycles. The fourth-order valence-electron chi connectivity index (χ4n) is 2.38. The number of aromatic nitrogens is 1. The number of ether oxygens (including phenoxy) is 1. The normalized spacial score (nSPS) is 10.2. The van der Waals surface area contributed by atoms with Gasteiger partial charge in [0, 0.05) is 24.8 Å². The van der Waals surface area contributed by atoms with Gasteiger partial charge in [-0.05, 0) is 42.7 Å². The number of hydrogen-bond acceptors (Lipinski definition) is 4. The van der Waals surface area contributed by atoms with E-state index < -0.39 is 0 Å². The molecule has 0 aliphatic heterocycles. The SMILES string of the molecule is CCCCNC(=O)c1ccnc(C(=O)NCCc2ccc(OC)cc2)c1. The molecule has 2 aromatic rings. The molecule has 2 N–H and O–H groups in total. The second-order valence-electron chi connectivity index (χ2n) is 5.89. The molecule has 0 bridgehead atoms. The van der Waals surface area contributed by atoms with Gasteiger partial charge >= 0.3 is 0 Å². The number of amides is 2. The van der Waals surface area contributed by atoms with E-state index in [2.05, 4.69) is 22.5 Å². The summed E-state index contributed by atoms with van der Waals surface area (Å²) in [5.74, 6) is 0.325. The largest absolute Gasteiger partial charge is 0.497 e. The molecule has 0 radical (unpaired) electrons. The van der Waals surface area contributed by atoms with Gasteiger partial charge in [0.1, 0.15) is 11.4 Å². The number of unbranched alkanes of at least 4 members (excludes halogenated alkanes) is 1. The zero-order valence-electron chi connectivity index (χ0n) is 15.2. The fourth-order valence-corrected chi connectivity index (χ4v) is 2.38. The lowest BCUT2D eigenvalue weighted by molar-refractivity contribution is 0.0949. The predicted molar refractivity (Wildman–Crippen MR) is 101 cm³/mol. The molecule has 0 saturated heterocycles. The zero-order chi connectivity index (χ0) is 18.8. The Hall–Kier alpha value is -2.89. The van der Waals surface area contributed by atoms with E-state index in [4.69, 9.17) is 4.74 Å². The molecule has 0 fully saturated rings. The summed E-state index contributed by atoms with van der Waals surface area (Å²) in [7, 11) is 1.63. The summed E-state index contributed by atoms with van der Waals surface area (Å²) < 4.78 is 5.12. The molecular formula is C20H25N3O3. The Morgan fingerprint density at radius 1 is 1.04 bits per heavy atom. The molecule has 0 spiro atoms. The minimum atomic E-state index is -0.290. The first kappa shape index (κ1) is 19.4. The van der Waals surface area contributed by atoms with Gasteiger partial charge in [-0.15, -0.1) is 0 Å². The minimum Gasteiger partial charge on any atom is -0.497 e. The second-order valence-corrected chi connectivity index (χ2v) is 5.89. The van der Waals surface area contributed by atoms with Crippen molar-refractivity contribution in [1.29, 1.82) is 0 Å². The van der Waals surface area contributed by atoms with Crippen LogP contribution < -0.4 is 15.4 Å². The van der Waals surface area contributed by atoms with Crippen molar-refractivity contribution in [2.45, 2.75) is 26.2 Å². The average Bonchev–Trinajstić information content (AvgIpc) is 2.68. The Morgan fingerprint density at radius 2 is 1.77 bits per heavy atom. The van der Waals surface area contributed by atoms with E-state index in [1.807, 2.05) is 24.3 Å². The Morgan fingerprint density at radius 3 is 2.46 bits per heavy atom. The van der Waals surface area contributed by atoms with E-state index in [0.29, 0.717) is 25.1 Å². The molecule has 1 aromatic heterocycles. The topological polar surface area (TPSA) is 80.3 Å². The van der Waals surface area contributed by atoms with Gasteiger partial charge in [0.25, 0.3) is 11.8 Å². The lowest BCUT2D eigenvalue weighted by Gasteiger charge is -2.08. The van der Waals surface area contributed by atoms with Crippen molar-refractivity contribution in [3.05, 3.63) is 59.4 Å². The van der Waals surface area contributed by atoms with Crippen LogP contribution in [0.1, 0.15) is 46.2 Å². The lowest BCUT2D eigenvalue weighted by atomic mass is 10.1. The number of carbonyl (C=O) groups excluding carboxylic acids is 2. The second kappa shape index (κ2) is 10.2. The summed E-state index contributed by atoms with van der Waals surface area (Å²) >= 11 is 0. The smallest absolute Gasteiger partial charge is 0.269 e. The van der Waals surface area contributed by atoms with E-state index in [1.54, 1.807) is 13.2 Å². The van der Waals surface area contributed by atoms with Crippen molar-refractivity contribution >= 4 is 11.8 Å². The molecule has 0 aliphatic rings. The number of carbonyl (C=O) groups is 2. The van der Waals surface area contributed by atoms with Gasteiger partial charge in [-0.2, -0.15) is 0 Å². The van der Waals surface area contributed by atoms with Gasteiger partial charge in [0.2, 0.25) is 0 Å². The predicted octanol–water partition coefficient (Wildman–Crippen LogP) is 2.59. The quantitative estimate of drug-likeness (QED) is 0.678. The first-order valence-electron chi connectivity index (χ1n) is 8.79. The van der Waals surface area contributed by atoms with Crippen LogP contribution in [-0.4, -0.2) is 37.0 Å². The van der Waals surface area contributed by atoms with Crippen LogP contribution in [0.5, 0.6) is 5.75 Å². The lowest BCUT2D eigenvalue weighted by Crippen LogP contribution is -2.28. The number of nitrogens with zero attached hydrogens (tertiary/aromatic N) is 1. The van der Waals surface area contributed by atoms with Gasteiger partial charge < -0.3 is 15.4 Å². The van der Waals surface area contributed by atoms with Gasteiger partial charge in [-0.3, -0.25) is 14.6 Å². The molecule has 26 heavy (non-hydrogen) atoms. The molecule has 0 unspecified atom stereocenters. The first-order valence-corrected chi connectivity index (χ1v) is 8.79. The van der Waals surface area contributed by atoms with Crippen molar-refractivity contribution in [2.24, 2.45) is 0 Å². The Bertz CT molecular complexity index is 729. The van der Waals surface area contributed by atoms with Crippen LogP contribution in [-0.2, 0) is 6.42 Å². The minimum absolute atomic E-state index is 0.187. The summed E-state index contributed by atoms with van der Waals surface area (Å²) in [4.78, 5) is 28.4. The fraction of sp³-hybridized carbons (Fsp3) is 0.350. The first-order chi connectivity index (χ1) is 12.6. The van der Waals surface area contributed by atoms with Crippen molar-refractivity contribution in [3.63, 3.8) is 0 Å². The summed E-state index contributed by atoms with van der Waals surface area (Å²) in [6.45, 7) is 3.17. The van der Waals surface area contributed by atoms with E-state index in [9.17, 15) is 9.59 Å². The highest BCUT2D eigenvalue weighted by Gasteiger charge is 2.11. The number of pyridine rings is 1. The number of rotatable bonds is 9. The summed E-state index contributed by atoms with van der Waals surface area (Å²) in [6, 6.07) is 10.8. The third-order valence-electron chi connectivity index (χ3n) is 3.93. The van der Waals surface area contributed by atoms with E-state index in [0.717, 1.165) is 24.2 Å². The standard InChI is InChI=1S/C20H25N3O3/c1-3-4-11-22-19(24)16-10-13-21-18(14-16)20(25)23-12-9-15-5-7-17(26-2)8-6-15/h5-8,10,13-14H,3-4,9,11-12H2,1-2H3,(H,22,24)(H,23,25). The van der Waals surface area contributed by atoms with Crippen LogP contribution in [0, 0.1) is 0 Å². The maximum absolute atomic E-state index is 12.2. The highest BCUT2D eigenvalue weighted by molar-refractivity contribution is 5.98. The Labute approximate surface area is 154 Å². The third-order valence-corrected chi connectivity index (χ3v) is 3.93. The molecule has 0 atom stereocenters. The number of hydrogen-bond donors (Lipinski definition) is 2. The van der Waals surface area contributed by atoms with Gasteiger partial charge in [-0.25, -0.2) is 0 Å². The molecular weight excluding hydrogens is 330 g/mol. The number of methoxy groups -OCH3 is 1. The summed E-state index contributed by atoms with van der Waals surface area (Å²) in [6.07, 6.45) is 4.12. The average molecular weight is 355 g/mol. The van der Waals surface area contributed by atoms with Crippen molar-refractivity contribution in [2.75, 3.05) is 20.2 Å². The monoisotopic (exact) mass is 355 g/mol. The highest BCUT2D eigenvalue weighted by Crippen LogP contribution is 2.11. The van der Waals surface area contributed by atoms with E-state index >= 15 is 0 Å². The van der Waals surface area contributed by atoms with Crippen LogP contribution in [0.15, 0.2) is 42.6 Å². The van der Waals surface area contributed by atoms with E-state index in [1.165, 1.54) is 12.3 Å². The number of benzene rings is 1. The molecule has 6 nitrogen and oxygen atoms in total. The van der Waals surface area contributed by atoms with Crippen molar-refractivity contribution in [1.82, 2.24) is 15.6 Å². The Balaban J connectivity index is 1.86. The summed E-state index contributed by atoms with van der Waals surface area (Å²) in [5, 5.41) is 5.66. The Kier molecular flexibility index (Phi) is 7.61. The summed E-state index contributed by atoms with van der Waals surface area (Å²) in [5.41, 5.74) is 1.78. The van der Waals surface area contributed by atoms with Gasteiger partial charge in [0.05, 0.1) is 7.11 Å². The zero-order valence-corrected chi connectivity index (χ0v) is 15.2. The van der Waals surface area contributed by atoms with Crippen LogP contribution in [0.25, 0.3) is 0 Å². The molecule has 138 valence electrons. The molecule has 0 aliphatic carbocycles. The third kappa shape index (κ3) is 5.88. The van der Waals surface area contributed by atoms with Crippen LogP contribution in [0.2, 0.25) is 0 Å². The molecule has 1 heterocycles. The van der Waals surface area contributed by atoms with Crippen LogP contribution >= 0.6 is 0 Å². The van der Waals surface area contributed by atoms with Gasteiger partial charge in [-0.1, -0.05) is 25.5 Å². The molecule has 2 rings (SSSR count). The number of nitrogens with one attached hydrogen (secondary N) is 2. The van der Waals surface area contributed by atoms with E-state index in [-0.39, 0.29) is 17.5 Å². The maximum atomic E-state index is 12.2. The van der Waals surface area contributed by atoms with Crippen molar-refractivity contribution in [3.8, 4) is 5.75 Å². The van der Waals surface area contributed by atoms with Crippen LogP contribution in [0.4, 0.5) is 0 Å². The molecule has 2 amide bonds. The maximum Gasteiger partial charge on any atom is 0.269 e. The van der Waals surface area contributed by atoms with Gasteiger partial charge in [0.15, 0.2) is 0 Å².